The molecule has 1 radical (unpaired) electrons. The Balaban J connectivity index is 2.59. The fourth-order valence-corrected chi connectivity index (χ4v) is 2.60. The number of benzene rings is 1. The lowest BCUT2D eigenvalue weighted by atomic mass is 10.4. The van der Waals surface area contributed by atoms with Gasteiger partial charge in [-0.3, -0.25) is 0 Å². The third-order valence-electron chi connectivity index (χ3n) is 1.59. The van der Waals surface area contributed by atoms with Gasteiger partial charge in [0.05, 0.1) is 0 Å². The van der Waals surface area contributed by atoms with Crippen LogP contribution >= 0.6 is 0 Å². The molecule has 0 aliphatic heterocycles. The van der Waals surface area contributed by atoms with Crippen LogP contribution in [-0.4, -0.2) is 15.1 Å². The zero-order valence-corrected chi connectivity index (χ0v) is 8.87. The van der Waals surface area contributed by atoms with Gasteiger partial charge in [0.15, 0.2) is 0 Å². The first-order valence-electron chi connectivity index (χ1n) is 4.26. The Morgan fingerprint density at radius 1 is 1.17 bits per heavy atom. The Kier molecular flexibility index (Phi) is 3.50. The molecule has 0 unspecified atom stereocenters. The molecule has 0 saturated carbocycles. The van der Waals surface area contributed by atoms with Crippen molar-refractivity contribution < 1.29 is 4.43 Å². The number of hydrogen-bond donors (Lipinski definition) is 0. The summed E-state index contributed by atoms with van der Waals surface area (Å²) in [5.41, 5.74) is 0. The normalized spacial score (nSPS) is 11.1. The molecular formula is C10H15OSi. The molecule has 0 saturated heterocycles. The Hall–Kier alpha value is -0.603. The second-order valence-electron chi connectivity index (χ2n) is 3.09. The first kappa shape index (κ1) is 9.48. The highest BCUT2D eigenvalue weighted by Crippen LogP contribution is 1.94. The molecule has 0 atom stereocenters. The maximum Gasteiger partial charge on any atom is 0.243 e. The molecule has 0 bridgehead atoms. The van der Waals surface area contributed by atoms with Crippen LogP contribution < -0.4 is 5.19 Å². The summed E-state index contributed by atoms with van der Waals surface area (Å²) in [6, 6.07) is 10.4. The summed E-state index contributed by atoms with van der Waals surface area (Å²) in [4.78, 5) is 0. The highest BCUT2D eigenvalue weighted by atomic mass is 28.3. The highest BCUT2D eigenvalue weighted by molar-refractivity contribution is 6.66. The lowest BCUT2D eigenvalue weighted by Gasteiger charge is -2.13. The number of hydrogen-bond acceptors (Lipinski definition) is 1. The molecule has 1 rings (SSSR count). The van der Waals surface area contributed by atoms with Gasteiger partial charge in [-0.05, 0) is 25.6 Å². The molecule has 1 nitrogen and oxygen atoms in total. The summed E-state index contributed by atoms with van der Waals surface area (Å²) in [6.07, 6.45) is 0.337. The molecule has 1 aromatic carbocycles. The van der Waals surface area contributed by atoms with E-state index in [4.69, 9.17) is 4.43 Å². The first-order valence-corrected chi connectivity index (χ1v) is 6.16. The summed E-state index contributed by atoms with van der Waals surface area (Å²) in [5.74, 6) is 0. The minimum atomic E-state index is -0.767. The van der Waals surface area contributed by atoms with Gasteiger partial charge in [0.25, 0.3) is 0 Å². The lowest BCUT2D eigenvalue weighted by molar-refractivity contribution is 0.250. The average Bonchev–Trinajstić information content (AvgIpc) is 2.05. The van der Waals surface area contributed by atoms with Gasteiger partial charge < -0.3 is 4.43 Å². The van der Waals surface area contributed by atoms with Gasteiger partial charge in [-0.15, -0.1) is 0 Å². The maximum atomic E-state index is 5.74. The van der Waals surface area contributed by atoms with E-state index in [1.165, 1.54) is 5.19 Å². The van der Waals surface area contributed by atoms with Crippen LogP contribution in [0, 0.1) is 0 Å². The molecule has 0 aliphatic rings. The van der Waals surface area contributed by atoms with Crippen molar-refractivity contribution in [2.45, 2.75) is 26.5 Å². The quantitative estimate of drug-likeness (QED) is 0.644. The van der Waals surface area contributed by atoms with E-state index in [0.717, 1.165) is 0 Å². The molecule has 0 amide bonds. The van der Waals surface area contributed by atoms with Gasteiger partial charge in [-0.25, -0.2) is 0 Å². The Bertz CT molecular complexity index is 221. The zero-order chi connectivity index (χ0) is 8.97. The van der Waals surface area contributed by atoms with Crippen LogP contribution in [0.15, 0.2) is 30.3 Å². The van der Waals surface area contributed by atoms with Crippen molar-refractivity contribution in [2.75, 3.05) is 0 Å². The van der Waals surface area contributed by atoms with Crippen LogP contribution in [0.25, 0.3) is 0 Å². The second kappa shape index (κ2) is 4.43. The largest absolute Gasteiger partial charge is 0.410 e. The van der Waals surface area contributed by atoms with Crippen LogP contribution in [0.3, 0.4) is 0 Å². The van der Waals surface area contributed by atoms with Crippen molar-refractivity contribution in [1.29, 1.82) is 0 Å². The Morgan fingerprint density at radius 3 is 2.25 bits per heavy atom. The Labute approximate surface area is 76.1 Å². The number of rotatable bonds is 3. The van der Waals surface area contributed by atoms with E-state index in [1.807, 2.05) is 6.07 Å². The minimum absolute atomic E-state index is 0.337. The average molecular weight is 179 g/mol. The molecule has 1 aromatic rings. The van der Waals surface area contributed by atoms with E-state index in [-0.39, 0.29) is 0 Å². The summed E-state index contributed by atoms with van der Waals surface area (Å²) in [7, 11) is -0.767. The maximum absolute atomic E-state index is 5.74. The summed E-state index contributed by atoms with van der Waals surface area (Å²) >= 11 is 0. The van der Waals surface area contributed by atoms with Crippen molar-refractivity contribution >= 4 is 14.2 Å². The van der Waals surface area contributed by atoms with Gasteiger partial charge in [-0.2, -0.15) is 0 Å². The summed E-state index contributed by atoms with van der Waals surface area (Å²) < 4.78 is 5.74. The molecule has 12 heavy (non-hydrogen) atoms. The van der Waals surface area contributed by atoms with Crippen molar-refractivity contribution in [3.05, 3.63) is 30.3 Å². The SMILES string of the molecule is CC(C)O[Si](C)c1ccccc1. The molecule has 0 aliphatic carbocycles. The van der Waals surface area contributed by atoms with E-state index in [0.29, 0.717) is 6.10 Å². The van der Waals surface area contributed by atoms with Crippen molar-refractivity contribution in [3.8, 4) is 0 Å². The van der Waals surface area contributed by atoms with Crippen molar-refractivity contribution in [2.24, 2.45) is 0 Å². The van der Waals surface area contributed by atoms with E-state index in [1.54, 1.807) is 0 Å². The van der Waals surface area contributed by atoms with Crippen LogP contribution in [-0.2, 0) is 4.43 Å². The van der Waals surface area contributed by atoms with Gasteiger partial charge in [0.2, 0.25) is 9.04 Å². The first-order chi connectivity index (χ1) is 5.70. The topological polar surface area (TPSA) is 9.23 Å². The fourth-order valence-electron chi connectivity index (χ4n) is 1.09. The molecule has 0 spiro atoms. The zero-order valence-electron chi connectivity index (χ0n) is 7.87. The highest BCUT2D eigenvalue weighted by Gasteiger charge is 2.09. The third-order valence-corrected chi connectivity index (χ3v) is 3.56. The van der Waals surface area contributed by atoms with Gasteiger partial charge >= 0.3 is 0 Å². The van der Waals surface area contributed by atoms with Crippen LogP contribution in [0.1, 0.15) is 13.8 Å². The van der Waals surface area contributed by atoms with E-state index < -0.39 is 9.04 Å². The van der Waals surface area contributed by atoms with Crippen molar-refractivity contribution in [3.63, 3.8) is 0 Å². The molecular weight excluding hydrogens is 164 g/mol. The lowest BCUT2D eigenvalue weighted by Crippen LogP contribution is -2.32. The molecule has 0 fully saturated rings. The molecule has 0 aromatic heterocycles. The van der Waals surface area contributed by atoms with Crippen molar-refractivity contribution in [1.82, 2.24) is 0 Å². The van der Waals surface area contributed by atoms with Gasteiger partial charge in [0.1, 0.15) is 0 Å². The van der Waals surface area contributed by atoms with E-state index in [2.05, 4.69) is 44.7 Å². The van der Waals surface area contributed by atoms with Gasteiger partial charge in [-0.1, -0.05) is 30.3 Å². The van der Waals surface area contributed by atoms with Crippen LogP contribution in [0.4, 0.5) is 0 Å². The molecule has 65 valence electrons. The van der Waals surface area contributed by atoms with Crippen LogP contribution in [0.5, 0.6) is 0 Å². The van der Waals surface area contributed by atoms with Crippen LogP contribution in [0.2, 0.25) is 6.55 Å². The smallest absolute Gasteiger partial charge is 0.243 e. The summed E-state index contributed by atoms with van der Waals surface area (Å²) in [6.45, 7) is 6.34. The molecule has 2 heteroatoms. The predicted molar refractivity (Wildman–Crippen MR) is 53.9 cm³/mol. The monoisotopic (exact) mass is 179 g/mol. The predicted octanol–water partition coefficient (Wildman–Crippen LogP) is 1.94. The summed E-state index contributed by atoms with van der Waals surface area (Å²) in [5, 5.41) is 1.34. The minimum Gasteiger partial charge on any atom is -0.410 e. The molecule has 0 heterocycles. The third kappa shape index (κ3) is 2.79. The van der Waals surface area contributed by atoms with E-state index in [9.17, 15) is 0 Å². The molecule has 0 N–H and O–H groups in total. The van der Waals surface area contributed by atoms with Gasteiger partial charge in [0, 0.05) is 6.10 Å². The van der Waals surface area contributed by atoms with E-state index >= 15 is 0 Å². The Morgan fingerprint density at radius 2 is 1.75 bits per heavy atom. The standard InChI is InChI=1S/C10H15OSi/c1-9(2)11-12(3)10-7-5-4-6-8-10/h4-9H,1-3H3. The fraction of sp³-hybridized carbons (Fsp3) is 0.400. The second-order valence-corrected chi connectivity index (χ2v) is 5.01.